The molecule has 0 N–H and O–H groups in total. The van der Waals surface area contributed by atoms with Crippen LogP contribution >= 0.6 is 158 Å². The minimum atomic E-state index is 1.33. The van der Waals surface area contributed by atoms with Crippen LogP contribution in [0.4, 0.5) is 0 Å². The fourth-order valence-corrected chi connectivity index (χ4v) is 9.34. The molecule has 15 heavy (non-hydrogen) atoms. The second-order valence-corrected chi connectivity index (χ2v) is 17.6. The Balaban J connectivity index is -0.000000147. The highest BCUT2D eigenvalue weighted by atomic mass is 33.9. The summed E-state index contributed by atoms with van der Waals surface area (Å²) in [5, 5.41) is 0. The maximum Gasteiger partial charge on any atom is -0.00114 e. The molecule has 0 aliphatic rings. The monoisotopic (exact) mass is 486 g/mol. The van der Waals surface area contributed by atoms with E-state index in [1.807, 2.05) is 0 Å². The molecule has 0 aliphatic heterocycles. The topological polar surface area (TPSA) is 0 Å². The van der Waals surface area contributed by atoms with Crippen molar-refractivity contribution in [1.29, 1.82) is 0 Å². The summed E-state index contributed by atoms with van der Waals surface area (Å²) in [6.45, 7) is 0. The molecule has 0 atom stereocenters. The standard InChI is InChI=1S/H2S6.H2S5.H2S4/c1-3-5-6-4-2;1-3-5-4-2;1-3-4-2/h1-2H;1-2H;1-2H. The lowest BCUT2D eigenvalue weighted by atomic mass is 30.3. The molecule has 0 bridgehead atoms. The van der Waals surface area contributed by atoms with Crippen molar-refractivity contribution >= 4 is 158 Å². The molecule has 0 heterocycles. The molecule has 0 radical (unpaired) electrons. The molecule has 0 aromatic carbocycles. The Morgan fingerprint density at radius 3 is 0.667 bits per heavy atom. The Hall–Kier alpha value is 5.25. The van der Waals surface area contributed by atoms with Crippen LogP contribution in [0.5, 0.6) is 0 Å². The molecule has 0 nitrogen and oxygen atoms in total. The Morgan fingerprint density at radius 2 is 0.600 bits per heavy atom. The van der Waals surface area contributed by atoms with E-state index >= 15 is 0 Å². The van der Waals surface area contributed by atoms with Gasteiger partial charge in [-0.05, 0) is 88.4 Å². The van der Waals surface area contributed by atoms with Crippen LogP contribution in [0.15, 0.2) is 0 Å². The zero-order valence-electron chi connectivity index (χ0n) is 6.36. The summed E-state index contributed by atoms with van der Waals surface area (Å²) in [7, 11) is 13.0. The molecule has 0 fully saturated rings. The van der Waals surface area contributed by atoms with Crippen molar-refractivity contribution in [3.8, 4) is 0 Å². The molecule has 0 aromatic heterocycles. The van der Waals surface area contributed by atoms with Crippen LogP contribution in [0.1, 0.15) is 0 Å². The summed E-state index contributed by atoms with van der Waals surface area (Å²) >= 11 is 22.8. The van der Waals surface area contributed by atoms with E-state index in [9.17, 15) is 0 Å². The highest BCUT2D eigenvalue weighted by molar-refractivity contribution is 9.40. The summed E-state index contributed by atoms with van der Waals surface area (Å²) in [5.74, 6) is 0. The first kappa shape index (κ1) is 25.2. The number of hydrogen-bond acceptors (Lipinski definition) is 15. The van der Waals surface area contributed by atoms with Crippen molar-refractivity contribution in [2.24, 2.45) is 0 Å². The zero-order chi connectivity index (χ0) is 12.4. The molecule has 0 aliphatic carbocycles. The van der Waals surface area contributed by atoms with Gasteiger partial charge in [-0.15, -0.1) is 0 Å². The fourth-order valence-electron chi connectivity index (χ4n) is 0.0385. The van der Waals surface area contributed by atoms with E-state index in [4.69, 9.17) is 0 Å². The summed E-state index contributed by atoms with van der Waals surface area (Å²) < 4.78 is 0. The van der Waals surface area contributed by atoms with Gasteiger partial charge in [-0.3, -0.25) is 0 Å². The van der Waals surface area contributed by atoms with Crippen molar-refractivity contribution in [3.63, 3.8) is 0 Å². The summed E-state index contributed by atoms with van der Waals surface area (Å²) in [6, 6.07) is 0. The number of thiol groups is 6. The minimum Gasteiger partial charge on any atom is -0.0989 e. The van der Waals surface area contributed by atoms with E-state index in [1.54, 1.807) is 19.7 Å². The predicted molar refractivity (Wildman–Crippen MR) is 122 cm³/mol. The van der Waals surface area contributed by atoms with Crippen LogP contribution in [0, 0.1) is 0 Å². The van der Waals surface area contributed by atoms with E-state index in [2.05, 4.69) is 70.0 Å². The first-order chi connectivity index (χ1) is 7.24. The lowest BCUT2D eigenvalue weighted by molar-refractivity contribution is 5.79. The highest BCUT2D eigenvalue weighted by Crippen LogP contribution is 2.45. The first-order valence-corrected chi connectivity index (χ1v) is 18.9. The van der Waals surface area contributed by atoms with Gasteiger partial charge in [-0.1, -0.05) is 70.0 Å². The van der Waals surface area contributed by atoms with Crippen molar-refractivity contribution < 1.29 is 0 Å². The van der Waals surface area contributed by atoms with E-state index in [0.717, 1.165) is 0 Å². The fraction of sp³-hybridized carbons (Fsp3) is 0. The average Bonchev–Trinajstić information content (AvgIpc) is 2.28. The van der Waals surface area contributed by atoms with Gasteiger partial charge in [-0.2, -0.15) is 0 Å². The summed E-state index contributed by atoms with van der Waals surface area (Å²) in [6.07, 6.45) is 0. The van der Waals surface area contributed by atoms with E-state index in [0.29, 0.717) is 0 Å². The lowest BCUT2D eigenvalue weighted by Gasteiger charge is -1.82. The summed E-state index contributed by atoms with van der Waals surface area (Å²) in [4.78, 5) is 0. The second kappa shape index (κ2) is 31.6. The molecular formula is H6S15. The van der Waals surface area contributed by atoms with Gasteiger partial charge in [-0.25, -0.2) is 0 Å². The van der Waals surface area contributed by atoms with Crippen molar-refractivity contribution in [3.05, 3.63) is 0 Å². The van der Waals surface area contributed by atoms with E-state index < -0.39 is 0 Å². The minimum absolute atomic E-state index is 1.33. The molecule has 96 valence electrons. The van der Waals surface area contributed by atoms with E-state index in [1.165, 1.54) is 68.8 Å². The molecule has 0 amide bonds. The van der Waals surface area contributed by atoms with Crippen LogP contribution in [-0.4, -0.2) is 0 Å². The normalized spacial score (nSPS) is 8.40. The van der Waals surface area contributed by atoms with Crippen LogP contribution in [-0.2, 0) is 0 Å². The van der Waals surface area contributed by atoms with Crippen molar-refractivity contribution in [2.45, 2.75) is 0 Å². The Labute approximate surface area is 155 Å². The molecule has 0 spiro atoms. The van der Waals surface area contributed by atoms with Crippen LogP contribution in [0.3, 0.4) is 0 Å². The third-order valence-corrected chi connectivity index (χ3v) is 14.8. The van der Waals surface area contributed by atoms with Gasteiger partial charge in [0.05, 0.1) is 0 Å². The first-order valence-electron chi connectivity index (χ1n) is 2.10. The smallest absolute Gasteiger partial charge is 0.00114 e. The van der Waals surface area contributed by atoms with Gasteiger partial charge in [0.2, 0.25) is 0 Å². The predicted octanol–water partition coefficient (Wildman–Crippen LogP) is 8.12. The lowest BCUT2D eigenvalue weighted by Crippen LogP contribution is -1.15. The molecule has 0 saturated heterocycles. The molecule has 0 unspecified atom stereocenters. The van der Waals surface area contributed by atoms with Gasteiger partial charge in [0.1, 0.15) is 0 Å². The van der Waals surface area contributed by atoms with Crippen LogP contribution in [0.25, 0.3) is 0 Å². The second-order valence-electron chi connectivity index (χ2n) is 0.651. The Morgan fingerprint density at radius 1 is 0.333 bits per heavy atom. The van der Waals surface area contributed by atoms with Crippen LogP contribution in [0.2, 0.25) is 0 Å². The third kappa shape index (κ3) is 45.3. The molecule has 0 saturated carbocycles. The molecule has 15 heteroatoms. The maximum atomic E-state index is 3.87. The van der Waals surface area contributed by atoms with Crippen molar-refractivity contribution in [1.82, 2.24) is 0 Å². The average molecular weight is 487 g/mol. The van der Waals surface area contributed by atoms with Gasteiger partial charge < -0.3 is 0 Å². The van der Waals surface area contributed by atoms with Crippen LogP contribution < -0.4 is 0 Å². The molecule has 0 aromatic rings. The molecule has 0 rings (SSSR count). The highest BCUT2D eigenvalue weighted by Gasteiger charge is 1.79. The quantitative estimate of drug-likeness (QED) is 0.124. The van der Waals surface area contributed by atoms with Gasteiger partial charge >= 0.3 is 0 Å². The largest absolute Gasteiger partial charge is 0.0989 e. The molecular weight excluding hydrogens is 481 g/mol. The van der Waals surface area contributed by atoms with Gasteiger partial charge in [0, 0.05) is 0 Å². The van der Waals surface area contributed by atoms with Gasteiger partial charge in [0.25, 0.3) is 0 Å². The summed E-state index contributed by atoms with van der Waals surface area (Å²) in [5.41, 5.74) is 0. The maximum absolute atomic E-state index is 3.87. The Kier molecular flexibility index (Phi) is 53.1. The Bertz CT molecular complexity index is 49.1. The zero-order valence-corrected chi connectivity index (χ0v) is 19.1. The van der Waals surface area contributed by atoms with E-state index in [-0.39, 0.29) is 0 Å². The van der Waals surface area contributed by atoms with Crippen molar-refractivity contribution in [2.75, 3.05) is 0 Å². The number of rotatable bonds is 6. The third-order valence-electron chi connectivity index (χ3n) is 0.183. The SMILES string of the molecule is SSSS.SSSSS.SSSSSS. The van der Waals surface area contributed by atoms with Gasteiger partial charge in [0.15, 0.2) is 0 Å². The number of hydrogen-bond donors (Lipinski definition) is 6.